The SMILES string of the molecule is CC(C)CCC[C@@H](C)[C@H]1CC[C@H]2[C@@H]3CC=C4C[C@@H](OC(=O)c5ccccc5C(=O)c5ccccc5)CC[C@]4(C)[C@H]3CC[C@]12C. The van der Waals surface area contributed by atoms with Crippen LogP contribution in [0.1, 0.15) is 132 Å². The molecule has 3 heteroatoms. The van der Waals surface area contributed by atoms with Crippen molar-refractivity contribution in [1.29, 1.82) is 0 Å². The molecule has 0 spiro atoms. The molecule has 6 rings (SSSR count). The molecular formula is C41H54O3. The minimum Gasteiger partial charge on any atom is -0.458 e. The van der Waals surface area contributed by atoms with Gasteiger partial charge in [0.1, 0.15) is 6.10 Å². The molecule has 3 fully saturated rings. The molecular weight excluding hydrogens is 540 g/mol. The summed E-state index contributed by atoms with van der Waals surface area (Å²) in [5.41, 5.74) is 3.61. The highest BCUT2D eigenvalue weighted by Gasteiger charge is 2.59. The molecule has 0 N–H and O–H groups in total. The average Bonchev–Trinajstić information content (AvgIpc) is 3.38. The van der Waals surface area contributed by atoms with Crippen LogP contribution >= 0.6 is 0 Å². The standard InChI is InChI=1S/C41H54O3/c1-27(2)12-11-13-28(3)35-20-21-36-34-19-18-30-26-31(22-24-40(30,4)37(34)23-25-41(35,36)5)44-39(43)33-17-10-9-16-32(33)38(42)29-14-7-6-8-15-29/h6-10,14-18,27-28,31,34-37H,11-13,19-26H2,1-5H3/t28-,31+,34+,35-,36+,37+,40+,41-/m1/s1. The van der Waals surface area contributed by atoms with Gasteiger partial charge in [-0.3, -0.25) is 4.79 Å². The highest BCUT2D eigenvalue weighted by Crippen LogP contribution is 2.67. The molecule has 2 aromatic carbocycles. The second kappa shape index (κ2) is 12.6. The van der Waals surface area contributed by atoms with Crippen molar-refractivity contribution in [3.05, 3.63) is 82.9 Å². The number of hydrogen-bond acceptors (Lipinski definition) is 3. The van der Waals surface area contributed by atoms with Crippen molar-refractivity contribution >= 4 is 11.8 Å². The maximum atomic E-state index is 13.5. The molecule has 4 aliphatic rings. The summed E-state index contributed by atoms with van der Waals surface area (Å²) in [7, 11) is 0. The Morgan fingerprint density at radius 2 is 1.57 bits per heavy atom. The molecule has 236 valence electrons. The van der Waals surface area contributed by atoms with Crippen molar-refractivity contribution in [3.8, 4) is 0 Å². The lowest BCUT2D eigenvalue weighted by Crippen LogP contribution is -2.51. The van der Waals surface area contributed by atoms with E-state index in [1.165, 1.54) is 56.9 Å². The van der Waals surface area contributed by atoms with Crippen molar-refractivity contribution in [3.63, 3.8) is 0 Å². The van der Waals surface area contributed by atoms with Crippen molar-refractivity contribution in [2.45, 2.75) is 111 Å². The lowest BCUT2D eigenvalue weighted by molar-refractivity contribution is -0.0594. The topological polar surface area (TPSA) is 43.4 Å². The molecule has 0 unspecified atom stereocenters. The number of benzene rings is 2. The van der Waals surface area contributed by atoms with E-state index in [1.807, 2.05) is 30.3 Å². The number of carbonyl (C=O) groups is 2. The average molecular weight is 595 g/mol. The van der Waals surface area contributed by atoms with Gasteiger partial charge in [0.05, 0.1) is 5.56 Å². The molecule has 0 aromatic heterocycles. The summed E-state index contributed by atoms with van der Waals surface area (Å²) in [6, 6.07) is 16.3. The van der Waals surface area contributed by atoms with Gasteiger partial charge in [-0.2, -0.15) is 0 Å². The summed E-state index contributed by atoms with van der Waals surface area (Å²) in [5, 5.41) is 0. The zero-order valence-corrected chi connectivity index (χ0v) is 27.8. The van der Waals surface area contributed by atoms with E-state index >= 15 is 0 Å². The molecule has 0 heterocycles. The van der Waals surface area contributed by atoms with Gasteiger partial charge in [0.25, 0.3) is 0 Å². The Balaban J connectivity index is 1.13. The van der Waals surface area contributed by atoms with Gasteiger partial charge in [-0.25, -0.2) is 4.79 Å². The lowest BCUT2D eigenvalue weighted by atomic mass is 9.47. The number of fused-ring (bicyclic) bond motifs is 5. The zero-order valence-electron chi connectivity index (χ0n) is 27.8. The summed E-state index contributed by atoms with van der Waals surface area (Å²) in [5.74, 6) is 4.41. The quantitative estimate of drug-likeness (QED) is 0.165. The summed E-state index contributed by atoms with van der Waals surface area (Å²) < 4.78 is 6.17. The Morgan fingerprint density at radius 1 is 0.841 bits per heavy atom. The van der Waals surface area contributed by atoms with Gasteiger partial charge in [-0.15, -0.1) is 0 Å². The molecule has 0 radical (unpaired) electrons. The number of hydrogen-bond donors (Lipinski definition) is 0. The van der Waals surface area contributed by atoms with Crippen LogP contribution in [0.2, 0.25) is 0 Å². The van der Waals surface area contributed by atoms with Crippen LogP contribution in [0.4, 0.5) is 0 Å². The fourth-order valence-electron chi connectivity index (χ4n) is 10.6. The maximum Gasteiger partial charge on any atom is 0.339 e. The third-order valence-electron chi connectivity index (χ3n) is 13.0. The van der Waals surface area contributed by atoms with Crippen molar-refractivity contribution in [2.24, 2.45) is 46.3 Å². The molecule has 44 heavy (non-hydrogen) atoms. The highest BCUT2D eigenvalue weighted by atomic mass is 16.5. The molecule has 2 aromatic rings. The largest absolute Gasteiger partial charge is 0.458 e. The molecule has 0 amide bonds. The molecule has 3 saturated carbocycles. The second-order valence-corrected chi connectivity index (χ2v) is 15.8. The van der Waals surface area contributed by atoms with E-state index in [2.05, 4.69) is 40.7 Å². The monoisotopic (exact) mass is 594 g/mol. The van der Waals surface area contributed by atoms with Gasteiger partial charge in [0.2, 0.25) is 0 Å². The van der Waals surface area contributed by atoms with Crippen molar-refractivity contribution in [2.75, 3.05) is 0 Å². The maximum absolute atomic E-state index is 13.5. The Labute approximate surface area is 266 Å². The summed E-state index contributed by atoms with van der Waals surface area (Å²) in [6.45, 7) is 12.5. The van der Waals surface area contributed by atoms with Gasteiger partial charge in [-0.05, 0) is 97.3 Å². The minimum absolute atomic E-state index is 0.130. The van der Waals surface area contributed by atoms with Gasteiger partial charge in [-0.1, -0.05) is 114 Å². The third-order valence-corrected chi connectivity index (χ3v) is 13.0. The first-order valence-corrected chi connectivity index (χ1v) is 17.7. The van der Waals surface area contributed by atoms with E-state index in [9.17, 15) is 9.59 Å². The van der Waals surface area contributed by atoms with Crippen LogP contribution in [-0.2, 0) is 4.74 Å². The molecule has 0 saturated heterocycles. The zero-order chi connectivity index (χ0) is 31.1. The van der Waals surface area contributed by atoms with Gasteiger partial charge in [0, 0.05) is 17.5 Å². The predicted molar refractivity (Wildman–Crippen MR) is 179 cm³/mol. The van der Waals surface area contributed by atoms with Gasteiger partial charge in [0.15, 0.2) is 5.78 Å². The van der Waals surface area contributed by atoms with E-state index in [-0.39, 0.29) is 23.3 Å². The summed E-state index contributed by atoms with van der Waals surface area (Å²) in [4.78, 5) is 26.7. The molecule has 0 bridgehead atoms. The van der Waals surface area contributed by atoms with Crippen LogP contribution in [0.3, 0.4) is 0 Å². The lowest BCUT2D eigenvalue weighted by Gasteiger charge is -2.58. The Bertz CT molecular complexity index is 1370. The van der Waals surface area contributed by atoms with Crippen LogP contribution in [0.25, 0.3) is 0 Å². The normalized spacial score (nSPS) is 33.5. The van der Waals surface area contributed by atoms with Gasteiger partial charge < -0.3 is 4.74 Å². The first kappa shape index (κ1) is 31.3. The Morgan fingerprint density at radius 3 is 2.32 bits per heavy atom. The number of ketones is 1. The van der Waals surface area contributed by atoms with E-state index in [0.29, 0.717) is 22.1 Å². The van der Waals surface area contributed by atoms with E-state index in [1.54, 1.807) is 24.3 Å². The van der Waals surface area contributed by atoms with E-state index < -0.39 is 0 Å². The van der Waals surface area contributed by atoms with Crippen LogP contribution in [0, 0.1) is 46.3 Å². The number of carbonyl (C=O) groups excluding carboxylic acids is 2. The van der Waals surface area contributed by atoms with Crippen LogP contribution in [-0.4, -0.2) is 17.9 Å². The third kappa shape index (κ3) is 5.74. The van der Waals surface area contributed by atoms with Crippen LogP contribution in [0.15, 0.2) is 66.2 Å². The second-order valence-electron chi connectivity index (χ2n) is 15.8. The molecule has 0 aliphatic heterocycles. The van der Waals surface area contributed by atoms with Crippen molar-refractivity contribution in [1.82, 2.24) is 0 Å². The minimum atomic E-state index is -0.374. The van der Waals surface area contributed by atoms with Gasteiger partial charge >= 0.3 is 5.97 Å². The predicted octanol–water partition coefficient (Wildman–Crippen LogP) is 10.5. The first-order chi connectivity index (χ1) is 21.1. The van der Waals surface area contributed by atoms with E-state index in [0.717, 1.165) is 54.8 Å². The van der Waals surface area contributed by atoms with Crippen LogP contribution < -0.4 is 0 Å². The first-order valence-electron chi connectivity index (χ1n) is 17.7. The highest BCUT2D eigenvalue weighted by molar-refractivity contribution is 6.14. The smallest absolute Gasteiger partial charge is 0.339 e. The Kier molecular flexibility index (Phi) is 8.97. The number of ether oxygens (including phenoxy) is 1. The fraction of sp³-hybridized carbons (Fsp3) is 0.610. The summed E-state index contributed by atoms with van der Waals surface area (Å²) in [6.07, 6.45) is 16.2. The van der Waals surface area contributed by atoms with Crippen molar-refractivity contribution < 1.29 is 14.3 Å². The molecule has 8 atom stereocenters. The van der Waals surface area contributed by atoms with Crippen LogP contribution in [0.5, 0.6) is 0 Å². The van der Waals surface area contributed by atoms with E-state index in [4.69, 9.17) is 4.74 Å². The Hall–Kier alpha value is -2.68. The number of allylic oxidation sites excluding steroid dienone is 1. The number of rotatable bonds is 9. The fourth-order valence-corrected chi connectivity index (χ4v) is 10.6. The number of esters is 1. The summed E-state index contributed by atoms with van der Waals surface area (Å²) >= 11 is 0. The molecule has 3 nitrogen and oxygen atoms in total. The molecule has 4 aliphatic carbocycles.